The van der Waals surface area contributed by atoms with E-state index < -0.39 is 0 Å². The number of rotatable bonds is 1. The molecule has 1 aliphatic rings. The van der Waals surface area contributed by atoms with Crippen molar-refractivity contribution in [3.63, 3.8) is 0 Å². The third-order valence-corrected chi connectivity index (χ3v) is 6.40. The summed E-state index contributed by atoms with van der Waals surface area (Å²) in [6.07, 6.45) is -0.0618. The molecule has 146 valence electrons. The van der Waals surface area contributed by atoms with Crippen LogP contribution in [0.2, 0.25) is 0 Å². The monoisotopic (exact) mass is 397 g/mol. The Bertz CT molecular complexity index is 1570. The molecular formula is C28H19N3. The molecule has 0 aliphatic carbocycles. The lowest BCUT2D eigenvalue weighted by Gasteiger charge is -2.32. The third-order valence-electron chi connectivity index (χ3n) is 6.40. The van der Waals surface area contributed by atoms with Gasteiger partial charge in [-0.1, -0.05) is 72.8 Å². The lowest BCUT2D eigenvalue weighted by molar-refractivity contribution is 0.678. The Morgan fingerprint density at radius 1 is 0.677 bits per heavy atom. The second-order valence-electron chi connectivity index (χ2n) is 8.12. The van der Waals surface area contributed by atoms with Crippen LogP contribution in [0.15, 0.2) is 103 Å². The molecule has 6 aromatic rings. The van der Waals surface area contributed by atoms with Crippen LogP contribution in [0.25, 0.3) is 44.0 Å². The molecule has 3 heteroatoms. The standard InChI is InChI=1S/C28H19N3/c1-3-11-20-18(9-1)17-19-10-2-4-12-21(19)26(20)28-29-23-14-6-5-13-22(23)27-30-24-15-7-8-16-25(24)31(27)28/h1-17,28-29H/t28-/m1/s1. The van der Waals surface area contributed by atoms with Gasteiger partial charge in [0.2, 0.25) is 0 Å². The molecular weight excluding hydrogens is 378 g/mol. The predicted molar refractivity (Wildman–Crippen MR) is 128 cm³/mol. The van der Waals surface area contributed by atoms with E-state index in [2.05, 4.69) is 113 Å². The molecule has 1 N–H and O–H groups in total. The molecule has 0 radical (unpaired) electrons. The zero-order valence-corrected chi connectivity index (χ0v) is 16.8. The van der Waals surface area contributed by atoms with Crippen LogP contribution >= 0.6 is 0 Å². The van der Waals surface area contributed by atoms with Crippen LogP contribution in [-0.4, -0.2) is 9.55 Å². The largest absolute Gasteiger partial charge is 0.360 e. The van der Waals surface area contributed by atoms with Crippen molar-refractivity contribution >= 4 is 38.3 Å². The van der Waals surface area contributed by atoms with E-state index in [0.29, 0.717) is 0 Å². The summed E-state index contributed by atoms with van der Waals surface area (Å²) in [6, 6.07) is 36.5. The van der Waals surface area contributed by atoms with Crippen LogP contribution in [0.1, 0.15) is 11.7 Å². The number of benzene rings is 5. The topological polar surface area (TPSA) is 29.9 Å². The summed E-state index contributed by atoms with van der Waals surface area (Å²) in [5.74, 6) is 1.01. The molecule has 0 saturated carbocycles. The van der Waals surface area contributed by atoms with Gasteiger partial charge in [-0.05, 0) is 51.9 Å². The third kappa shape index (κ3) is 2.32. The molecule has 0 amide bonds. The van der Waals surface area contributed by atoms with E-state index in [1.165, 1.54) is 27.1 Å². The minimum absolute atomic E-state index is 0.0618. The SMILES string of the molecule is c1ccc2c(c1)N[C@@H](c1c3ccccc3cc3ccccc13)n1c-2nc2ccccc21. The molecule has 31 heavy (non-hydrogen) atoms. The molecule has 2 heterocycles. The number of hydrogen-bond acceptors (Lipinski definition) is 2. The fourth-order valence-corrected chi connectivity index (χ4v) is 5.06. The van der Waals surface area contributed by atoms with Gasteiger partial charge in [0.05, 0.1) is 11.0 Å². The van der Waals surface area contributed by atoms with E-state index in [9.17, 15) is 0 Å². The van der Waals surface area contributed by atoms with Crippen LogP contribution < -0.4 is 5.32 Å². The number of imidazole rings is 1. The quantitative estimate of drug-likeness (QED) is 0.303. The van der Waals surface area contributed by atoms with E-state index >= 15 is 0 Å². The fraction of sp³-hybridized carbons (Fsp3) is 0.0357. The average molecular weight is 397 g/mol. The van der Waals surface area contributed by atoms with Crippen LogP contribution in [0.4, 0.5) is 5.69 Å². The highest BCUT2D eigenvalue weighted by molar-refractivity contribution is 6.03. The van der Waals surface area contributed by atoms with Crippen molar-refractivity contribution in [1.29, 1.82) is 0 Å². The molecule has 3 nitrogen and oxygen atoms in total. The van der Waals surface area contributed by atoms with Crippen LogP contribution in [0.5, 0.6) is 0 Å². The number of fused-ring (bicyclic) bond motifs is 7. The van der Waals surface area contributed by atoms with Gasteiger partial charge in [0.15, 0.2) is 0 Å². The van der Waals surface area contributed by atoms with Crippen LogP contribution in [-0.2, 0) is 0 Å². The first-order valence-electron chi connectivity index (χ1n) is 10.6. The van der Waals surface area contributed by atoms with Gasteiger partial charge in [-0.25, -0.2) is 4.98 Å². The highest BCUT2D eigenvalue weighted by Crippen LogP contribution is 2.44. The van der Waals surface area contributed by atoms with Gasteiger partial charge in [0.25, 0.3) is 0 Å². The van der Waals surface area contributed by atoms with Gasteiger partial charge < -0.3 is 5.32 Å². The van der Waals surface area contributed by atoms with Crippen molar-refractivity contribution in [3.8, 4) is 11.4 Å². The fourth-order valence-electron chi connectivity index (χ4n) is 5.06. The summed E-state index contributed by atoms with van der Waals surface area (Å²) in [7, 11) is 0. The van der Waals surface area contributed by atoms with Gasteiger partial charge in [0.1, 0.15) is 12.0 Å². The maximum absolute atomic E-state index is 5.05. The average Bonchev–Trinajstić information content (AvgIpc) is 3.22. The lowest BCUT2D eigenvalue weighted by atomic mass is 9.93. The molecule has 0 fully saturated rings. The summed E-state index contributed by atoms with van der Waals surface area (Å²) >= 11 is 0. The molecule has 0 saturated heterocycles. The van der Waals surface area contributed by atoms with Crippen molar-refractivity contribution < 1.29 is 0 Å². The first-order chi connectivity index (χ1) is 15.4. The minimum atomic E-state index is -0.0618. The Morgan fingerprint density at radius 2 is 1.32 bits per heavy atom. The van der Waals surface area contributed by atoms with E-state index in [4.69, 9.17) is 4.98 Å². The van der Waals surface area contributed by atoms with Crippen LogP contribution in [0.3, 0.4) is 0 Å². The van der Waals surface area contributed by atoms with E-state index in [1.807, 2.05) is 0 Å². The first-order valence-corrected chi connectivity index (χ1v) is 10.6. The molecule has 1 aromatic heterocycles. The van der Waals surface area contributed by atoms with Crippen molar-refractivity contribution in [1.82, 2.24) is 9.55 Å². The number of anilines is 1. The number of hydrogen-bond donors (Lipinski definition) is 1. The Kier molecular flexibility index (Phi) is 3.33. The van der Waals surface area contributed by atoms with Gasteiger partial charge in [-0.15, -0.1) is 0 Å². The lowest BCUT2D eigenvalue weighted by Crippen LogP contribution is -2.25. The van der Waals surface area contributed by atoms with Crippen LogP contribution in [0, 0.1) is 0 Å². The highest BCUT2D eigenvalue weighted by Gasteiger charge is 2.30. The van der Waals surface area contributed by atoms with Crippen molar-refractivity contribution in [2.75, 3.05) is 5.32 Å². The molecule has 0 unspecified atom stereocenters. The molecule has 7 rings (SSSR count). The Labute approximate surface area is 179 Å². The molecule has 1 atom stereocenters. The van der Waals surface area contributed by atoms with Crippen molar-refractivity contribution in [2.45, 2.75) is 6.17 Å². The Balaban J connectivity index is 1.64. The smallest absolute Gasteiger partial charge is 0.145 e. The van der Waals surface area contributed by atoms with E-state index in [-0.39, 0.29) is 6.17 Å². The number of aromatic nitrogens is 2. The Morgan fingerprint density at radius 3 is 2.13 bits per heavy atom. The summed E-state index contributed by atoms with van der Waals surface area (Å²) < 4.78 is 2.37. The molecule has 0 bridgehead atoms. The summed E-state index contributed by atoms with van der Waals surface area (Å²) in [5.41, 5.74) is 5.70. The summed E-state index contributed by atoms with van der Waals surface area (Å²) in [5, 5.41) is 8.89. The zero-order chi connectivity index (χ0) is 20.4. The van der Waals surface area contributed by atoms with Gasteiger partial charge >= 0.3 is 0 Å². The van der Waals surface area contributed by atoms with Crippen molar-refractivity contribution in [3.05, 3.63) is 109 Å². The van der Waals surface area contributed by atoms with Gasteiger partial charge in [0, 0.05) is 16.8 Å². The number of nitrogens with zero attached hydrogens (tertiary/aromatic N) is 2. The number of para-hydroxylation sites is 3. The zero-order valence-electron chi connectivity index (χ0n) is 16.8. The normalized spacial score (nSPS) is 15.0. The maximum atomic E-state index is 5.05. The molecule has 1 aliphatic heterocycles. The second kappa shape index (κ2) is 6.19. The maximum Gasteiger partial charge on any atom is 0.145 e. The van der Waals surface area contributed by atoms with E-state index in [0.717, 1.165) is 28.1 Å². The minimum Gasteiger partial charge on any atom is -0.360 e. The second-order valence-corrected chi connectivity index (χ2v) is 8.12. The molecule has 5 aromatic carbocycles. The first kappa shape index (κ1) is 16.7. The summed E-state index contributed by atoms with van der Waals surface area (Å²) in [6.45, 7) is 0. The highest BCUT2D eigenvalue weighted by atomic mass is 15.2. The van der Waals surface area contributed by atoms with Gasteiger partial charge in [-0.3, -0.25) is 4.57 Å². The molecule has 0 spiro atoms. The van der Waals surface area contributed by atoms with E-state index in [1.54, 1.807) is 0 Å². The number of nitrogens with one attached hydrogen (secondary N) is 1. The Hall–Kier alpha value is -4.11. The van der Waals surface area contributed by atoms with Crippen molar-refractivity contribution in [2.24, 2.45) is 0 Å². The van der Waals surface area contributed by atoms with Gasteiger partial charge in [-0.2, -0.15) is 0 Å². The predicted octanol–water partition coefficient (Wildman–Crippen LogP) is 6.98. The summed E-state index contributed by atoms with van der Waals surface area (Å²) in [4.78, 5) is 5.05.